The second-order valence-corrected chi connectivity index (χ2v) is 4.31. The van der Waals surface area contributed by atoms with Crippen LogP contribution in [0.15, 0.2) is 84.9 Å². The third-order valence-electron chi connectivity index (χ3n) is 3.08. The summed E-state index contributed by atoms with van der Waals surface area (Å²) in [6, 6.07) is 29.6. The average molecular weight is 341 g/mol. The van der Waals surface area contributed by atoms with Crippen LogP contribution in [-0.4, -0.2) is 0 Å². The van der Waals surface area contributed by atoms with E-state index in [0.717, 1.165) is 0 Å². The van der Waals surface area contributed by atoms with Gasteiger partial charge < -0.3 is 0 Å². The van der Waals surface area contributed by atoms with E-state index in [-0.39, 0.29) is 37.1 Å². The highest BCUT2D eigenvalue weighted by Crippen LogP contribution is 2.25. The van der Waals surface area contributed by atoms with Gasteiger partial charge in [0.1, 0.15) is 0 Å². The van der Waals surface area contributed by atoms with Crippen molar-refractivity contribution in [1.29, 1.82) is 0 Å². The predicted molar refractivity (Wildman–Crippen MR) is 122 cm³/mol. The summed E-state index contributed by atoms with van der Waals surface area (Å²) in [6.45, 7) is 4.00. The van der Waals surface area contributed by atoms with E-state index in [0.29, 0.717) is 0 Å². The summed E-state index contributed by atoms with van der Waals surface area (Å²) < 4.78 is 0. The molecular formula is C25H40. The van der Waals surface area contributed by atoms with Gasteiger partial charge in [-0.1, -0.05) is 130 Å². The largest absolute Gasteiger partial charge is 0.0776 e. The first kappa shape index (κ1) is 30.5. The molecule has 0 heteroatoms. The second kappa shape index (κ2) is 16.5. The molecule has 0 aliphatic heterocycles. The highest BCUT2D eigenvalue weighted by atomic mass is 14.0. The van der Waals surface area contributed by atoms with Gasteiger partial charge in [-0.3, -0.25) is 0 Å². The van der Waals surface area contributed by atoms with Crippen LogP contribution >= 0.6 is 0 Å². The molecule has 140 valence electrons. The normalized spacial score (nSPS) is 7.60. The smallest absolute Gasteiger partial charge is 0.0178 e. The topological polar surface area (TPSA) is 0 Å². The van der Waals surface area contributed by atoms with Gasteiger partial charge in [0.05, 0.1) is 0 Å². The Morgan fingerprint density at radius 1 is 0.360 bits per heavy atom. The van der Waals surface area contributed by atoms with Crippen molar-refractivity contribution in [3.8, 4) is 22.3 Å². The fraction of sp³-hybridized carbons (Fsp3) is 0.280. The zero-order valence-corrected chi connectivity index (χ0v) is 12.1. The number of hydrogen-bond donors (Lipinski definition) is 0. The molecule has 0 aliphatic rings. The van der Waals surface area contributed by atoms with Crippen LogP contribution in [0, 0.1) is 0 Å². The van der Waals surface area contributed by atoms with Gasteiger partial charge in [-0.25, -0.2) is 0 Å². The maximum absolute atomic E-state index is 2.24. The standard InChI is InChI=1S/C18H14.C2H6.5CH4/c1-3-8-15(9-4-1)17-12-7-13-18(14-17)16-10-5-2-6-11-16;1-2;;;;;/h1-14H;1-2H3;5*1H4. The van der Waals surface area contributed by atoms with Crippen LogP contribution in [-0.2, 0) is 0 Å². The van der Waals surface area contributed by atoms with E-state index in [4.69, 9.17) is 0 Å². The summed E-state index contributed by atoms with van der Waals surface area (Å²) in [4.78, 5) is 0. The molecule has 0 atom stereocenters. The van der Waals surface area contributed by atoms with E-state index in [1.165, 1.54) is 22.3 Å². The summed E-state index contributed by atoms with van der Waals surface area (Å²) in [6.07, 6.45) is 0. The molecule has 3 aromatic carbocycles. The average Bonchev–Trinajstić information content (AvgIpc) is 2.58. The molecule has 0 fully saturated rings. The molecule has 25 heavy (non-hydrogen) atoms. The van der Waals surface area contributed by atoms with Crippen LogP contribution in [0.4, 0.5) is 0 Å². The molecule has 0 bridgehead atoms. The lowest BCUT2D eigenvalue weighted by Crippen LogP contribution is -1.80. The fourth-order valence-corrected chi connectivity index (χ4v) is 2.14. The quantitative estimate of drug-likeness (QED) is 0.436. The van der Waals surface area contributed by atoms with Crippen LogP contribution in [0.1, 0.15) is 51.0 Å². The number of benzene rings is 3. The summed E-state index contributed by atoms with van der Waals surface area (Å²) in [5.41, 5.74) is 5.04. The minimum Gasteiger partial charge on any atom is -0.0776 e. The lowest BCUT2D eigenvalue weighted by molar-refractivity contribution is 1.50. The molecule has 0 unspecified atom stereocenters. The van der Waals surface area contributed by atoms with Crippen LogP contribution in [0.3, 0.4) is 0 Å². The molecule has 0 heterocycles. The monoisotopic (exact) mass is 340 g/mol. The Bertz CT molecular complexity index is 570. The van der Waals surface area contributed by atoms with E-state index >= 15 is 0 Å². The van der Waals surface area contributed by atoms with Crippen molar-refractivity contribution in [2.75, 3.05) is 0 Å². The molecule has 0 spiro atoms. The molecule has 0 aliphatic carbocycles. The molecule has 0 saturated heterocycles. The number of hydrogen-bond acceptors (Lipinski definition) is 0. The van der Waals surface area contributed by atoms with Crippen LogP contribution in [0.25, 0.3) is 22.3 Å². The summed E-state index contributed by atoms with van der Waals surface area (Å²) in [7, 11) is 0. The molecule has 0 saturated carbocycles. The van der Waals surface area contributed by atoms with E-state index in [9.17, 15) is 0 Å². The highest BCUT2D eigenvalue weighted by Gasteiger charge is 2.00. The summed E-state index contributed by atoms with van der Waals surface area (Å²) in [5.74, 6) is 0. The molecule has 0 aromatic heterocycles. The SMILES string of the molecule is C.C.C.C.C.CC.c1ccc(-c2cccc(-c3ccccc3)c2)cc1. The Balaban J connectivity index is -0.000000305. The maximum atomic E-state index is 2.24. The maximum Gasteiger partial charge on any atom is -0.0178 e. The zero-order valence-electron chi connectivity index (χ0n) is 12.1. The third kappa shape index (κ3) is 8.35. The van der Waals surface area contributed by atoms with Crippen molar-refractivity contribution in [2.24, 2.45) is 0 Å². The van der Waals surface area contributed by atoms with Gasteiger partial charge in [0.25, 0.3) is 0 Å². The van der Waals surface area contributed by atoms with E-state index in [2.05, 4.69) is 72.8 Å². The van der Waals surface area contributed by atoms with Gasteiger partial charge in [-0.2, -0.15) is 0 Å². The van der Waals surface area contributed by atoms with E-state index < -0.39 is 0 Å². The highest BCUT2D eigenvalue weighted by molar-refractivity contribution is 5.72. The first-order chi connectivity index (χ1) is 9.93. The predicted octanol–water partition coefficient (Wildman–Crippen LogP) is 9.23. The molecule has 0 amide bonds. The lowest BCUT2D eigenvalue weighted by atomic mass is 9.99. The number of rotatable bonds is 2. The van der Waals surface area contributed by atoms with Gasteiger partial charge in [-0.15, -0.1) is 0 Å². The zero-order chi connectivity index (χ0) is 14.2. The van der Waals surface area contributed by atoms with Crippen LogP contribution in [0.5, 0.6) is 0 Å². The fourth-order valence-electron chi connectivity index (χ4n) is 2.14. The van der Waals surface area contributed by atoms with Gasteiger partial charge in [0.15, 0.2) is 0 Å². The van der Waals surface area contributed by atoms with Gasteiger partial charge >= 0.3 is 0 Å². The molecule has 0 nitrogen and oxygen atoms in total. The van der Waals surface area contributed by atoms with Crippen LogP contribution < -0.4 is 0 Å². The molecule has 0 N–H and O–H groups in total. The van der Waals surface area contributed by atoms with Gasteiger partial charge in [-0.05, 0) is 28.3 Å². The minimum atomic E-state index is 0. The van der Waals surface area contributed by atoms with E-state index in [1.807, 2.05) is 26.0 Å². The third-order valence-corrected chi connectivity index (χ3v) is 3.08. The van der Waals surface area contributed by atoms with E-state index in [1.54, 1.807) is 0 Å². The molecule has 0 radical (unpaired) electrons. The first-order valence-corrected chi connectivity index (χ1v) is 7.14. The first-order valence-electron chi connectivity index (χ1n) is 7.14. The lowest BCUT2D eigenvalue weighted by Gasteiger charge is -2.05. The van der Waals surface area contributed by atoms with Gasteiger partial charge in [0.2, 0.25) is 0 Å². The Morgan fingerprint density at radius 2 is 0.640 bits per heavy atom. The summed E-state index contributed by atoms with van der Waals surface area (Å²) >= 11 is 0. The van der Waals surface area contributed by atoms with Crippen molar-refractivity contribution in [3.05, 3.63) is 84.9 Å². The second-order valence-electron chi connectivity index (χ2n) is 4.31. The van der Waals surface area contributed by atoms with Crippen molar-refractivity contribution in [3.63, 3.8) is 0 Å². The van der Waals surface area contributed by atoms with Crippen molar-refractivity contribution in [1.82, 2.24) is 0 Å². The summed E-state index contributed by atoms with van der Waals surface area (Å²) in [5, 5.41) is 0. The minimum absolute atomic E-state index is 0. The Hall–Kier alpha value is -2.34. The van der Waals surface area contributed by atoms with Crippen molar-refractivity contribution >= 4 is 0 Å². The Kier molecular flexibility index (Phi) is 20.2. The molecule has 3 aromatic rings. The molecular weight excluding hydrogens is 300 g/mol. The van der Waals surface area contributed by atoms with Crippen molar-refractivity contribution < 1.29 is 0 Å². The molecule has 3 rings (SSSR count). The van der Waals surface area contributed by atoms with Crippen LogP contribution in [0.2, 0.25) is 0 Å². The van der Waals surface area contributed by atoms with Gasteiger partial charge in [0, 0.05) is 0 Å². The van der Waals surface area contributed by atoms with Crippen molar-refractivity contribution in [2.45, 2.75) is 51.0 Å². The Morgan fingerprint density at radius 3 is 0.960 bits per heavy atom. The Labute approximate surface area is 158 Å².